The van der Waals surface area contributed by atoms with Gasteiger partial charge >= 0.3 is 0 Å². The van der Waals surface area contributed by atoms with Crippen LogP contribution in [0.5, 0.6) is 0 Å². The molecule has 0 spiro atoms. The summed E-state index contributed by atoms with van der Waals surface area (Å²) in [6.45, 7) is 1.80. The highest BCUT2D eigenvalue weighted by molar-refractivity contribution is 7.89. The molecule has 1 aliphatic rings. The van der Waals surface area contributed by atoms with Crippen LogP contribution < -0.4 is 5.32 Å². The topological polar surface area (TPSA) is 95.2 Å². The summed E-state index contributed by atoms with van der Waals surface area (Å²) in [6.07, 6.45) is 0.857. The Hall–Kier alpha value is -3.49. The molecular formula is C27H28N4O3S. The van der Waals surface area contributed by atoms with Gasteiger partial charge in [-0.25, -0.2) is 13.4 Å². The number of carbonyl (C=O) groups is 1. The van der Waals surface area contributed by atoms with E-state index in [4.69, 9.17) is 4.98 Å². The van der Waals surface area contributed by atoms with Crippen molar-refractivity contribution in [3.05, 3.63) is 101 Å². The average molecular weight is 489 g/mol. The molecule has 1 unspecified atom stereocenters. The van der Waals surface area contributed by atoms with E-state index in [9.17, 15) is 13.2 Å². The summed E-state index contributed by atoms with van der Waals surface area (Å²) >= 11 is 0. The zero-order valence-electron chi connectivity index (χ0n) is 19.5. The van der Waals surface area contributed by atoms with Crippen LogP contribution in [-0.4, -0.2) is 40.4 Å². The van der Waals surface area contributed by atoms with Gasteiger partial charge in [0.05, 0.1) is 22.8 Å². The van der Waals surface area contributed by atoms with Gasteiger partial charge in [-0.3, -0.25) is 4.79 Å². The van der Waals surface area contributed by atoms with E-state index in [-0.39, 0.29) is 18.2 Å². The van der Waals surface area contributed by atoms with Crippen molar-refractivity contribution in [1.29, 1.82) is 0 Å². The monoisotopic (exact) mass is 488 g/mol. The van der Waals surface area contributed by atoms with Gasteiger partial charge in [-0.1, -0.05) is 66.7 Å². The maximum atomic E-state index is 13.7. The molecule has 0 fully saturated rings. The molecule has 0 bridgehead atoms. The van der Waals surface area contributed by atoms with Crippen LogP contribution in [0.15, 0.2) is 78.9 Å². The molecule has 0 aliphatic carbocycles. The first-order valence-electron chi connectivity index (χ1n) is 11.8. The fourth-order valence-corrected chi connectivity index (χ4v) is 5.88. The van der Waals surface area contributed by atoms with Crippen LogP contribution in [0, 0.1) is 0 Å². The molecule has 7 nitrogen and oxygen atoms in total. The number of hydrogen-bond donors (Lipinski definition) is 2. The third-order valence-electron chi connectivity index (χ3n) is 6.57. The highest BCUT2D eigenvalue weighted by Gasteiger charge is 2.38. The Morgan fingerprint density at radius 3 is 2.46 bits per heavy atom. The largest absolute Gasteiger partial charge is 0.344 e. The van der Waals surface area contributed by atoms with Crippen LogP contribution in [0.25, 0.3) is 11.0 Å². The summed E-state index contributed by atoms with van der Waals surface area (Å²) in [4.78, 5) is 21.8. The first-order valence-corrected chi connectivity index (χ1v) is 13.4. The Balaban J connectivity index is 1.48. The molecule has 5 rings (SSSR count). The van der Waals surface area contributed by atoms with Gasteiger partial charge in [-0.05, 0) is 48.6 Å². The minimum Gasteiger partial charge on any atom is -0.344 e. The first kappa shape index (κ1) is 23.3. The minimum absolute atomic E-state index is 0.0596. The fraction of sp³-hybridized carbons (Fsp3) is 0.259. The summed E-state index contributed by atoms with van der Waals surface area (Å²) in [5.74, 6) is 0.262. The van der Waals surface area contributed by atoms with Crippen LogP contribution >= 0.6 is 0 Å². The summed E-state index contributed by atoms with van der Waals surface area (Å²) in [5.41, 5.74) is 4.68. The molecule has 1 amide bonds. The van der Waals surface area contributed by atoms with Gasteiger partial charge in [0.15, 0.2) is 0 Å². The standard InChI is InChI=1S/C27H28N4O3S/c1-2-35(33,34)31-18-21-13-7-6-12-20(21)17-25(31)27(32)30-24(16-19-10-4-3-5-11-19)26-28-22-14-8-9-15-23(22)29-26/h3-15,24-25H,2,16-18H2,1H3,(H,28,29)(H,30,32)/t24-,25?/m0/s1. The summed E-state index contributed by atoms with van der Waals surface area (Å²) < 4.78 is 27.3. The number of rotatable bonds is 7. The van der Waals surface area contributed by atoms with E-state index in [1.54, 1.807) is 6.92 Å². The molecule has 3 aromatic carbocycles. The SMILES string of the molecule is CCS(=O)(=O)N1Cc2ccccc2CC1C(=O)N[C@@H](Cc1ccccc1)c1nc2ccccc2[nH]1. The Bertz CT molecular complexity index is 1420. The van der Waals surface area contributed by atoms with Crippen molar-refractivity contribution in [2.24, 2.45) is 0 Å². The van der Waals surface area contributed by atoms with E-state index in [0.717, 1.165) is 27.7 Å². The third kappa shape index (κ3) is 4.85. The number of fused-ring (bicyclic) bond motifs is 2. The van der Waals surface area contributed by atoms with Gasteiger partial charge in [0.2, 0.25) is 15.9 Å². The molecule has 0 radical (unpaired) electrons. The lowest BCUT2D eigenvalue weighted by Gasteiger charge is -2.35. The number of aromatic amines is 1. The molecule has 4 aromatic rings. The number of nitrogens with one attached hydrogen (secondary N) is 2. The maximum Gasteiger partial charge on any atom is 0.239 e. The Labute approximate surface area is 205 Å². The van der Waals surface area contributed by atoms with Gasteiger partial charge in [-0.15, -0.1) is 0 Å². The Kier molecular flexibility index (Phi) is 6.40. The molecule has 2 atom stereocenters. The van der Waals surface area contributed by atoms with Crippen LogP contribution in [0.4, 0.5) is 0 Å². The zero-order valence-corrected chi connectivity index (χ0v) is 20.3. The number of benzene rings is 3. The number of nitrogens with zero attached hydrogens (tertiary/aromatic N) is 2. The van der Waals surface area contributed by atoms with E-state index in [1.807, 2.05) is 78.9 Å². The zero-order chi connectivity index (χ0) is 24.4. The molecule has 35 heavy (non-hydrogen) atoms. The molecule has 2 heterocycles. The Morgan fingerprint density at radius 2 is 1.71 bits per heavy atom. The number of sulfonamides is 1. The maximum absolute atomic E-state index is 13.7. The number of amides is 1. The molecule has 0 saturated heterocycles. The smallest absolute Gasteiger partial charge is 0.239 e. The van der Waals surface area contributed by atoms with Crippen molar-refractivity contribution >= 4 is 27.0 Å². The van der Waals surface area contributed by atoms with Gasteiger partial charge in [0.25, 0.3) is 0 Å². The quantitative estimate of drug-likeness (QED) is 0.414. The highest BCUT2D eigenvalue weighted by Crippen LogP contribution is 2.27. The van der Waals surface area contributed by atoms with Crippen molar-refractivity contribution in [1.82, 2.24) is 19.6 Å². The number of carbonyl (C=O) groups excluding carboxylic acids is 1. The van der Waals surface area contributed by atoms with Crippen molar-refractivity contribution in [2.45, 2.75) is 38.4 Å². The summed E-state index contributed by atoms with van der Waals surface area (Å²) in [6, 6.07) is 24.0. The molecule has 2 N–H and O–H groups in total. The number of aromatic nitrogens is 2. The molecule has 1 aliphatic heterocycles. The number of hydrogen-bond acceptors (Lipinski definition) is 4. The Morgan fingerprint density at radius 1 is 1.03 bits per heavy atom. The minimum atomic E-state index is -3.59. The third-order valence-corrected chi connectivity index (χ3v) is 8.39. The van der Waals surface area contributed by atoms with Gasteiger partial charge in [0.1, 0.15) is 11.9 Å². The fourth-order valence-electron chi connectivity index (χ4n) is 4.65. The van der Waals surface area contributed by atoms with Crippen LogP contribution in [0.1, 0.15) is 35.5 Å². The van der Waals surface area contributed by atoms with Gasteiger partial charge in [0, 0.05) is 6.54 Å². The lowest BCUT2D eigenvalue weighted by Crippen LogP contribution is -2.53. The van der Waals surface area contributed by atoms with Crippen LogP contribution in [0.3, 0.4) is 0 Å². The van der Waals surface area contributed by atoms with E-state index in [0.29, 0.717) is 18.7 Å². The van der Waals surface area contributed by atoms with E-state index in [2.05, 4.69) is 10.3 Å². The second kappa shape index (κ2) is 9.64. The molecular weight excluding hydrogens is 460 g/mol. The molecule has 1 aromatic heterocycles. The predicted octanol–water partition coefficient (Wildman–Crippen LogP) is 3.74. The van der Waals surface area contributed by atoms with Crippen LogP contribution in [-0.2, 0) is 34.2 Å². The van der Waals surface area contributed by atoms with Gasteiger partial charge < -0.3 is 10.3 Å². The van der Waals surface area contributed by atoms with Crippen molar-refractivity contribution < 1.29 is 13.2 Å². The average Bonchev–Trinajstić information content (AvgIpc) is 3.32. The summed E-state index contributed by atoms with van der Waals surface area (Å²) in [5, 5.41) is 3.13. The second-order valence-corrected chi connectivity index (χ2v) is 11.0. The number of H-pyrrole nitrogens is 1. The van der Waals surface area contributed by atoms with Gasteiger partial charge in [-0.2, -0.15) is 4.31 Å². The predicted molar refractivity (Wildman–Crippen MR) is 136 cm³/mol. The van der Waals surface area contributed by atoms with Crippen LogP contribution in [0.2, 0.25) is 0 Å². The highest BCUT2D eigenvalue weighted by atomic mass is 32.2. The lowest BCUT2D eigenvalue weighted by molar-refractivity contribution is -0.126. The summed E-state index contributed by atoms with van der Waals surface area (Å²) in [7, 11) is -3.59. The molecule has 8 heteroatoms. The second-order valence-electron chi connectivity index (χ2n) is 8.82. The molecule has 0 saturated carbocycles. The number of para-hydroxylation sites is 2. The lowest BCUT2D eigenvalue weighted by atomic mass is 9.95. The van der Waals surface area contributed by atoms with Crippen molar-refractivity contribution in [3.63, 3.8) is 0 Å². The number of imidazole rings is 1. The first-order chi connectivity index (χ1) is 16.9. The van der Waals surface area contributed by atoms with E-state index < -0.39 is 22.1 Å². The van der Waals surface area contributed by atoms with Crippen molar-refractivity contribution in [3.8, 4) is 0 Å². The van der Waals surface area contributed by atoms with Crippen molar-refractivity contribution in [2.75, 3.05) is 5.75 Å². The van der Waals surface area contributed by atoms with E-state index in [1.165, 1.54) is 4.31 Å². The molecule has 180 valence electrons. The van der Waals surface area contributed by atoms with E-state index >= 15 is 0 Å². The normalized spacial score (nSPS) is 17.1.